The van der Waals surface area contributed by atoms with Crippen LogP contribution in [0.15, 0.2) is 53.4 Å². The van der Waals surface area contributed by atoms with Crippen LogP contribution in [0, 0.1) is 12.7 Å². The predicted molar refractivity (Wildman–Crippen MR) is 84.4 cm³/mol. The van der Waals surface area contributed by atoms with Crippen molar-refractivity contribution in [2.45, 2.75) is 18.2 Å². The van der Waals surface area contributed by atoms with Gasteiger partial charge >= 0.3 is 5.97 Å². The summed E-state index contributed by atoms with van der Waals surface area (Å²) in [6, 6.07) is 11.2. The molecule has 0 spiro atoms. The van der Waals surface area contributed by atoms with E-state index in [9.17, 15) is 17.6 Å². The number of para-hydroxylation sites is 1. The number of aliphatic carboxylic acids is 1. The van der Waals surface area contributed by atoms with E-state index in [1.54, 1.807) is 31.2 Å². The van der Waals surface area contributed by atoms with Gasteiger partial charge in [-0.05, 0) is 42.8 Å². The second kappa shape index (κ2) is 6.78. The Bertz CT molecular complexity index is 803. The number of carbonyl (C=O) groups is 1. The van der Waals surface area contributed by atoms with Gasteiger partial charge in [0.25, 0.3) is 10.0 Å². The van der Waals surface area contributed by atoms with Crippen LogP contribution in [0.1, 0.15) is 12.0 Å². The molecule has 0 heterocycles. The molecule has 2 aromatic carbocycles. The third kappa shape index (κ3) is 3.87. The molecule has 5 nitrogen and oxygen atoms in total. The van der Waals surface area contributed by atoms with Crippen molar-refractivity contribution >= 4 is 21.7 Å². The zero-order valence-corrected chi connectivity index (χ0v) is 13.3. The molecule has 0 atom stereocenters. The number of hydrogen-bond acceptors (Lipinski definition) is 3. The van der Waals surface area contributed by atoms with Crippen LogP contribution in [0.2, 0.25) is 0 Å². The smallest absolute Gasteiger partial charge is 0.305 e. The highest BCUT2D eigenvalue weighted by Crippen LogP contribution is 2.27. The van der Waals surface area contributed by atoms with Crippen LogP contribution in [-0.2, 0) is 14.8 Å². The molecule has 0 amide bonds. The monoisotopic (exact) mass is 337 g/mol. The molecule has 23 heavy (non-hydrogen) atoms. The lowest BCUT2D eigenvalue weighted by Gasteiger charge is -2.25. The molecule has 0 fully saturated rings. The van der Waals surface area contributed by atoms with Gasteiger partial charge in [-0.25, -0.2) is 12.8 Å². The summed E-state index contributed by atoms with van der Waals surface area (Å²) in [5, 5.41) is 8.88. The number of anilines is 1. The van der Waals surface area contributed by atoms with Gasteiger partial charge in [-0.1, -0.05) is 18.2 Å². The van der Waals surface area contributed by atoms with E-state index in [0.717, 1.165) is 28.6 Å². The van der Waals surface area contributed by atoms with Crippen LogP contribution < -0.4 is 4.31 Å². The lowest BCUT2D eigenvalue weighted by molar-refractivity contribution is -0.136. The fourth-order valence-corrected chi connectivity index (χ4v) is 3.67. The van der Waals surface area contributed by atoms with Crippen LogP contribution in [-0.4, -0.2) is 26.0 Å². The maximum Gasteiger partial charge on any atom is 0.305 e. The number of carboxylic acid groups (broad SMARTS) is 1. The van der Waals surface area contributed by atoms with Crippen LogP contribution in [0.25, 0.3) is 0 Å². The van der Waals surface area contributed by atoms with Gasteiger partial charge in [-0.2, -0.15) is 0 Å². The van der Waals surface area contributed by atoms with Gasteiger partial charge < -0.3 is 5.11 Å². The zero-order chi connectivity index (χ0) is 17.0. The Morgan fingerprint density at radius 1 is 1.13 bits per heavy atom. The quantitative estimate of drug-likeness (QED) is 0.879. The first-order valence-corrected chi connectivity index (χ1v) is 8.32. The number of aryl methyl sites for hydroxylation is 1. The van der Waals surface area contributed by atoms with Crippen LogP contribution in [0.4, 0.5) is 10.1 Å². The Hall–Kier alpha value is -2.41. The molecule has 0 aliphatic rings. The Kier molecular flexibility index (Phi) is 5.00. The number of rotatable bonds is 6. The summed E-state index contributed by atoms with van der Waals surface area (Å²) in [6.45, 7) is 1.53. The van der Waals surface area contributed by atoms with Crippen molar-refractivity contribution in [3.05, 3.63) is 59.9 Å². The zero-order valence-electron chi connectivity index (χ0n) is 12.4. The Balaban J connectivity index is 2.50. The molecule has 0 bridgehead atoms. The molecular formula is C16H16FNO4S. The molecule has 1 N–H and O–H groups in total. The van der Waals surface area contributed by atoms with Crippen molar-refractivity contribution in [3.8, 4) is 0 Å². The predicted octanol–water partition coefficient (Wildman–Crippen LogP) is 2.80. The summed E-state index contributed by atoms with van der Waals surface area (Å²) in [5.41, 5.74) is 1.10. The van der Waals surface area contributed by atoms with E-state index in [-0.39, 0.29) is 17.9 Å². The van der Waals surface area contributed by atoms with Gasteiger partial charge in [0, 0.05) is 6.54 Å². The van der Waals surface area contributed by atoms with Gasteiger partial charge in [-0.3, -0.25) is 9.10 Å². The average molecular weight is 337 g/mol. The minimum Gasteiger partial charge on any atom is -0.481 e. The lowest BCUT2D eigenvalue weighted by atomic mass is 10.2. The first-order chi connectivity index (χ1) is 10.8. The minimum atomic E-state index is -3.99. The Labute approximate surface area is 134 Å². The van der Waals surface area contributed by atoms with Crippen LogP contribution in [0.5, 0.6) is 0 Å². The molecule has 0 aliphatic heterocycles. The van der Waals surface area contributed by atoms with Crippen molar-refractivity contribution in [2.75, 3.05) is 10.8 Å². The second-order valence-electron chi connectivity index (χ2n) is 4.96. The number of halogens is 1. The molecule has 0 aliphatic carbocycles. The van der Waals surface area contributed by atoms with E-state index in [1.165, 1.54) is 0 Å². The standard InChI is InChI=1S/C16H16FNO4S/c1-12-4-2-3-5-15(12)18(11-10-16(19)20)23(21,22)14-8-6-13(17)7-9-14/h2-9H,10-11H2,1H3,(H,19,20). The normalized spacial score (nSPS) is 11.2. The van der Waals surface area contributed by atoms with Crippen molar-refractivity contribution < 1.29 is 22.7 Å². The average Bonchev–Trinajstić information content (AvgIpc) is 2.49. The molecule has 2 aromatic rings. The highest BCUT2D eigenvalue weighted by molar-refractivity contribution is 7.92. The molecule has 0 unspecified atom stereocenters. The van der Waals surface area contributed by atoms with E-state index >= 15 is 0 Å². The molecule has 0 saturated carbocycles. The van der Waals surface area contributed by atoms with Gasteiger partial charge in [-0.15, -0.1) is 0 Å². The van der Waals surface area contributed by atoms with Crippen molar-refractivity contribution in [1.29, 1.82) is 0 Å². The van der Waals surface area contributed by atoms with Crippen molar-refractivity contribution in [1.82, 2.24) is 0 Å². The largest absolute Gasteiger partial charge is 0.481 e. The molecule has 2 rings (SSSR count). The minimum absolute atomic E-state index is 0.0902. The van der Waals surface area contributed by atoms with E-state index in [0.29, 0.717) is 11.3 Å². The SMILES string of the molecule is Cc1ccccc1N(CCC(=O)O)S(=O)(=O)c1ccc(F)cc1. The Morgan fingerprint density at radius 3 is 2.30 bits per heavy atom. The number of sulfonamides is 1. The number of carboxylic acids is 1. The second-order valence-corrected chi connectivity index (χ2v) is 6.82. The number of benzene rings is 2. The fraction of sp³-hybridized carbons (Fsp3) is 0.188. The van der Waals surface area contributed by atoms with E-state index < -0.39 is 21.8 Å². The number of hydrogen-bond donors (Lipinski definition) is 1. The highest BCUT2D eigenvalue weighted by Gasteiger charge is 2.26. The molecular weight excluding hydrogens is 321 g/mol. The Morgan fingerprint density at radius 2 is 1.74 bits per heavy atom. The maximum atomic E-state index is 13.0. The highest BCUT2D eigenvalue weighted by atomic mass is 32.2. The molecule has 0 radical (unpaired) electrons. The van der Waals surface area contributed by atoms with E-state index in [1.807, 2.05) is 0 Å². The van der Waals surface area contributed by atoms with Gasteiger partial charge in [0.15, 0.2) is 0 Å². The van der Waals surface area contributed by atoms with Gasteiger partial charge in [0.2, 0.25) is 0 Å². The summed E-state index contributed by atoms with van der Waals surface area (Å²) in [7, 11) is -3.99. The molecule has 0 saturated heterocycles. The fourth-order valence-electron chi connectivity index (χ4n) is 2.14. The van der Waals surface area contributed by atoms with Crippen LogP contribution >= 0.6 is 0 Å². The van der Waals surface area contributed by atoms with E-state index in [2.05, 4.69) is 0 Å². The summed E-state index contributed by atoms with van der Waals surface area (Å²) in [4.78, 5) is 10.8. The number of nitrogens with zero attached hydrogens (tertiary/aromatic N) is 1. The van der Waals surface area contributed by atoms with Gasteiger partial charge in [0.05, 0.1) is 17.0 Å². The third-order valence-electron chi connectivity index (χ3n) is 3.31. The molecule has 0 aromatic heterocycles. The van der Waals surface area contributed by atoms with Crippen LogP contribution in [0.3, 0.4) is 0 Å². The first-order valence-electron chi connectivity index (χ1n) is 6.88. The first kappa shape index (κ1) is 17.0. The molecule has 122 valence electrons. The van der Waals surface area contributed by atoms with Crippen molar-refractivity contribution in [3.63, 3.8) is 0 Å². The van der Waals surface area contributed by atoms with E-state index in [4.69, 9.17) is 5.11 Å². The third-order valence-corrected chi connectivity index (χ3v) is 5.14. The summed E-state index contributed by atoms with van der Waals surface area (Å²) in [6.07, 6.45) is -0.339. The summed E-state index contributed by atoms with van der Waals surface area (Å²) < 4.78 is 39.7. The maximum absolute atomic E-state index is 13.0. The topological polar surface area (TPSA) is 74.7 Å². The lowest BCUT2D eigenvalue weighted by Crippen LogP contribution is -2.33. The molecule has 7 heteroatoms. The summed E-state index contributed by atoms with van der Waals surface area (Å²) >= 11 is 0. The van der Waals surface area contributed by atoms with Gasteiger partial charge in [0.1, 0.15) is 5.82 Å². The summed E-state index contributed by atoms with van der Waals surface area (Å²) in [5.74, 6) is -1.64. The van der Waals surface area contributed by atoms with Crippen molar-refractivity contribution in [2.24, 2.45) is 0 Å².